The average molecular weight is 211 g/mol. The van der Waals surface area contributed by atoms with Gasteiger partial charge in [0, 0.05) is 30.6 Å². The quantitative estimate of drug-likeness (QED) is 0.645. The van der Waals surface area contributed by atoms with Crippen LogP contribution in [-0.4, -0.2) is 6.54 Å². The second kappa shape index (κ2) is 3.81. The zero-order valence-corrected chi connectivity index (χ0v) is 7.75. The molecule has 1 aliphatic rings. The molecule has 0 aromatic heterocycles. The third kappa shape index (κ3) is 1.88. The van der Waals surface area contributed by atoms with Crippen LogP contribution in [0, 0.1) is 17.5 Å². The molecular weight excluding hydrogens is 203 g/mol. The fourth-order valence-corrected chi connectivity index (χ4v) is 1.37. The summed E-state index contributed by atoms with van der Waals surface area (Å²) >= 11 is 0. The second-order valence-corrected chi connectivity index (χ2v) is 3.15. The van der Waals surface area contributed by atoms with Gasteiger partial charge in [0.15, 0.2) is 17.5 Å². The van der Waals surface area contributed by atoms with Crippen LogP contribution in [0.5, 0.6) is 0 Å². The van der Waals surface area contributed by atoms with Gasteiger partial charge in [-0.15, -0.1) is 0 Å². The number of anilines is 1. The zero-order chi connectivity index (χ0) is 10.8. The van der Waals surface area contributed by atoms with Gasteiger partial charge in [0.05, 0.1) is 0 Å². The maximum atomic E-state index is 12.9. The first kappa shape index (κ1) is 9.83. The monoisotopic (exact) mass is 211 g/mol. The Bertz CT molecular complexity index is 414. The third-order valence-corrected chi connectivity index (χ3v) is 2.12. The Labute approximate surface area is 85.1 Å². The highest BCUT2D eigenvalue weighted by molar-refractivity contribution is 5.51. The normalized spacial score (nSPS) is 14.7. The molecule has 1 heterocycles. The van der Waals surface area contributed by atoms with Gasteiger partial charge >= 0.3 is 0 Å². The molecule has 0 spiro atoms. The van der Waals surface area contributed by atoms with Crippen LogP contribution in [0.4, 0.5) is 18.9 Å². The van der Waals surface area contributed by atoms with Crippen molar-refractivity contribution < 1.29 is 13.2 Å². The van der Waals surface area contributed by atoms with Crippen molar-refractivity contribution in [2.75, 3.05) is 11.4 Å². The lowest BCUT2D eigenvalue weighted by Gasteiger charge is -2.20. The molecule has 0 N–H and O–H groups in total. The molecule has 78 valence electrons. The first-order chi connectivity index (χ1) is 7.18. The summed E-state index contributed by atoms with van der Waals surface area (Å²) in [5, 5.41) is 0. The summed E-state index contributed by atoms with van der Waals surface area (Å²) < 4.78 is 38.5. The van der Waals surface area contributed by atoms with Gasteiger partial charge < -0.3 is 4.90 Å². The van der Waals surface area contributed by atoms with Crippen LogP contribution in [0.25, 0.3) is 0 Å². The number of hydrogen-bond donors (Lipinski definition) is 0. The van der Waals surface area contributed by atoms with Gasteiger partial charge in [0.2, 0.25) is 0 Å². The molecule has 0 atom stereocenters. The number of hydrogen-bond acceptors (Lipinski definition) is 1. The molecule has 1 nitrogen and oxygen atoms in total. The Morgan fingerprint density at radius 1 is 1.00 bits per heavy atom. The van der Waals surface area contributed by atoms with Crippen LogP contribution in [-0.2, 0) is 0 Å². The van der Waals surface area contributed by atoms with Crippen LogP contribution in [0.15, 0.2) is 36.6 Å². The van der Waals surface area contributed by atoms with Gasteiger partial charge in [-0.1, -0.05) is 12.2 Å². The van der Waals surface area contributed by atoms with Gasteiger partial charge in [-0.25, -0.2) is 13.2 Å². The summed E-state index contributed by atoms with van der Waals surface area (Å²) in [6.07, 6.45) is 7.07. The Morgan fingerprint density at radius 2 is 1.67 bits per heavy atom. The van der Waals surface area contributed by atoms with E-state index in [1.807, 2.05) is 12.2 Å². The smallest absolute Gasteiger partial charge is 0.194 e. The van der Waals surface area contributed by atoms with Crippen molar-refractivity contribution in [1.82, 2.24) is 0 Å². The lowest BCUT2D eigenvalue weighted by atomic mass is 10.2. The number of nitrogens with zero attached hydrogens (tertiary/aromatic N) is 1. The van der Waals surface area contributed by atoms with Crippen molar-refractivity contribution in [3.05, 3.63) is 54.0 Å². The molecule has 2 rings (SSSR count). The van der Waals surface area contributed by atoms with E-state index in [9.17, 15) is 13.2 Å². The minimum absolute atomic E-state index is 0.298. The Hall–Kier alpha value is -1.71. The van der Waals surface area contributed by atoms with Crippen molar-refractivity contribution in [1.29, 1.82) is 0 Å². The van der Waals surface area contributed by atoms with Gasteiger partial charge in [-0.05, 0) is 6.08 Å². The fourth-order valence-electron chi connectivity index (χ4n) is 1.37. The van der Waals surface area contributed by atoms with E-state index in [1.54, 1.807) is 17.2 Å². The lowest BCUT2D eigenvalue weighted by Crippen LogP contribution is -2.18. The molecule has 1 aromatic carbocycles. The number of rotatable bonds is 1. The van der Waals surface area contributed by atoms with E-state index in [4.69, 9.17) is 0 Å². The Morgan fingerprint density at radius 3 is 2.20 bits per heavy atom. The van der Waals surface area contributed by atoms with E-state index >= 15 is 0 Å². The predicted octanol–water partition coefficient (Wildman–Crippen LogP) is 2.99. The summed E-state index contributed by atoms with van der Waals surface area (Å²) in [5.74, 6) is -3.78. The average Bonchev–Trinajstić information content (AvgIpc) is 2.26. The molecule has 0 aliphatic carbocycles. The molecule has 1 aliphatic heterocycles. The molecule has 4 heteroatoms. The number of allylic oxidation sites excluding steroid dienone is 2. The van der Waals surface area contributed by atoms with Crippen molar-refractivity contribution >= 4 is 5.69 Å². The Kier molecular flexibility index (Phi) is 2.49. The highest BCUT2D eigenvalue weighted by Gasteiger charge is 2.13. The van der Waals surface area contributed by atoms with E-state index in [2.05, 4.69) is 0 Å². The summed E-state index contributed by atoms with van der Waals surface area (Å²) in [6.45, 7) is 0.515. The number of halogens is 3. The van der Waals surface area contributed by atoms with Crippen LogP contribution in [0.1, 0.15) is 0 Å². The fraction of sp³-hybridized carbons (Fsp3) is 0.0909. The van der Waals surface area contributed by atoms with Gasteiger partial charge in [-0.2, -0.15) is 0 Å². The zero-order valence-electron chi connectivity index (χ0n) is 7.75. The third-order valence-electron chi connectivity index (χ3n) is 2.12. The topological polar surface area (TPSA) is 3.24 Å². The first-order valence-electron chi connectivity index (χ1n) is 4.43. The van der Waals surface area contributed by atoms with Crippen LogP contribution >= 0.6 is 0 Å². The minimum Gasteiger partial charge on any atom is -0.344 e. The molecule has 0 unspecified atom stereocenters. The van der Waals surface area contributed by atoms with Crippen LogP contribution in [0.3, 0.4) is 0 Å². The molecule has 0 saturated carbocycles. The number of benzene rings is 1. The summed E-state index contributed by atoms with van der Waals surface area (Å²) in [5.41, 5.74) is 0.298. The molecule has 0 bridgehead atoms. The minimum atomic E-state index is -1.43. The molecule has 0 saturated heterocycles. The van der Waals surface area contributed by atoms with E-state index in [1.165, 1.54) is 0 Å². The summed E-state index contributed by atoms with van der Waals surface area (Å²) in [7, 11) is 0. The molecule has 1 aromatic rings. The Balaban J connectivity index is 2.37. The van der Waals surface area contributed by atoms with Crippen molar-refractivity contribution in [3.8, 4) is 0 Å². The highest BCUT2D eigenvalue weighted by atomic mass is 19.2. The molecule has 0 amide bonds. The summed E-state index contributed by atoms with van der Waals surface area (Å²) in [6, 6.07) is 1.95. The van der Waals surface area contributed by atoms with E-state index in [-0.39, 0.29) is 0 Å². The SMILES string of the molecule is Fc1cc(N2C=CC=CC2)cc(F)c1F. The van der Waals surface area contributed by atoms with Gasteiger partial charge in [0.1, 0.15) is 0 Å². The highest BCUT2D eigenvalue weighted by Crippen LogP contribution is 2.22. The molecule has 0 radical (unpaired) electrons. The first-order valence-corrected chi connectivity index (χ1v) is 4.43. The van der Waals surface area contributed by atoms with Gasteiger partial charge in [-0.3, -0.25) is 0 Å². The molecular formula is C11H8F3N. The van der Waals surface area contributed by atoms with E-state index in [0.29, 0.717) is 12.2 Å². The standard InChI is InChI=1S/C11H8F3N/c12-9-6-8(7-10(13)11(9)14)15-4-2-1-3-5-15/h1-4,6-7H,5H2. The van der Waals surface area contributed by atoms with Crippen molar-refractivity contribution in [2.45, 2.75) is 0 Å². The molecule has 0 fully saturated rings. The van der Waals surface area contributed by atoms with Crippen molar-refractivity contribution in [3.63, 3.8) is 0 Å². The van der Waals surface area contributed by atoms with Gasteiger partial charge in [0.25, 0.3) is 0 Å². The van der Waals surface area contributed by atoms with Crippen molar-refractivity contribution in [2.24, 2.45) is 0 Å². The van der Waals surface area contributed by atoms with E-state index < -0.39 is 17.5 Å². The maximum Gasteiger partial charge on any atom is 0.194 e. The second-order valence-electron chi connectivity index (χ2n) is 3.15. The predicted molar refractivity (Wildman–Crippen MR) is 51.9 cm³/mol. The summed E-state index contributed by atoms with van der Waals surface area (Å²) in [4.78, 5) is 1.62. The van der Waals surface area contributed by atoms with E-state index in [0.717, 1.165) is 12.1 Å². The molecule has 15 heavy (non-hydrogen) atoms. The van der Waals surface area contributed by atoms with Crippen LogP contribution < -0.4 is 4.90 Å². The largest absolute Gasteiger partial charge is 0.344 e. The van der Waals surface area contributed by atoms with Crippen LogP contribution in [0.2, 0.25) is 0 Å². The maximum absolute atomic E-state index is 12.9. The lowest BCUT2D eigenvalue weighted by molar-refractivity contribution is 0.447.